The van der Waals surface area contributed by atoms with Gasteiger partial charge in [0.15, 0.2) is 0 Å². The lowest BCUT2D eigenvalue weighted by Crippen LogP contribution is -2.23. The smallest absolute Gasteiger partial charge is 0.220 e. The SMILES string of the molecule is CCNC(=O)C[C](C)C. The van der Waals surface area contributed by atoms with Crippen LogP contribution < -0.4 is 5.32 Å². The van der Waals surface area contributed by atoms with E-state index in [4.69, 9.17) is 0 Å². The summed E-state index contributed by atoms with van der Waals surface area (Å²) in [6.45, 7) is 6.56. The zero-order valence-electron chi connectivity index (χ0n) is 6.32. The first kappa shape index (κ1) is 8.47. The van der Waals surface area contributed by atoms with Gasteiger partial charge in [0.1, 0.15) is 0 Å². The summed E-state index contributed by atoms with van der Waals surface area (Å²) in [6, 6.07) is 0. The van der Waals surface area contributed by atoms with E-state index in [0.29, 0.717) is 6.42 Å². The molecule has 53 valence electrons. The molecule has 1 N–H and O–H groups in total. The summed E-state index contributed by atoms with van der Waals surface area (Å²) < 4.78 is 0. The van der Waals surface area contributed by atoms with Gasteiger partial charge in [-0.25, -0.2) is 0 Å². The van der Waals surface area contributed by atoms with E-state index in [-0.39, 0.29) is 5.91 Å². The number of carbonyl (C=O) groups excluding carboxylic acids is 1. The molecular weight excluding hydrogens is 114 g/mol. The highest BCUT2D eigenvalue weighted by Gasteiger charge is 2.01. The van der Waals surface area contributed by atoms with Crippen molar-refractivity contribution in [3.05, 3.63) is 5.92 Å². The topological polar surface area (TPSA) is 29.1 Å². The number of nitrogens with one attached hydrogen (secondary N) is 1. The summed E-state index contributed by atoms with van der Waals surface area (Å²) >= 11 is 0. The van der Waals surface area contributed by atoms with Crippen LogP contribution >= 0.6 is 0 Å². The molecule has 2 nitrogen and oxygen atoms in total. The number of carbonyl (C=O) groups is 1. The molecule has 0 heterocycles. The van der Waals surface area contributed by atoms with Crippen LogP contribution in [0.2, 0.25) is 0 Å². The molecule has 0 spiro atoms. The van der Waals surface area contributed by atoms with Gasteiger partial charge in [-0.2, -0.15) is 0 Å². The molecule has 0 aliphatic carbocycles. The van der Waals surface area contributed by atoms with Crippen molar-refractivity contribution in [1.82, 2.24) is 5.32 Å². The van der Waals surface area contributed by atoms with E-state index in [1.54, 1.807) is 0 Å². The number of amides is 1. The number of hydrogen-bond acceptors (Lipinski definition) is 1. The first-order valence-corrected chi connectivity index (χ1v) is 3.22. The molecule has 2 heteroatoms. The highest BCUT2D eigenvalue weighted by Crippen LogP contribution is 2.00. The van der Waals surface area contributed by atoms with Gasteiger partial charge in [0.2, 0.25) is 5.91 Å². The van der Waals surface area contributed by atoms with Crippen LogP contribution in [-0.2, 0) is 4.79 Å². The maximum atomic E-state index is 10.7. The van der Waals surface area contributed by atoms with Gasteiger partial charge in [-0.15, -0.1) is 0 Å². The van der Waals surface area contributed by atoms with Gasteiger partial charge in [0.25, 0.3) is 0 Å². The lowest BCUT2D eigenvalue weighted by atomic mass is 10.1. The Balaban J connectivity index is 3.27. The predicted octanol–water partition coefficient (Wildman–Crippen LogP) is 1.13. The third kappa shape index (κ3) is 5.34. The highest BCUT2D eigenvalue weighted by molar-refractivity contribution is 5.77. The standard InChI is InChI=1S/C7H14NO/c1-4-8-7(9)5-6(2)3/h4-5H2,1-3H3,(H,8,9). The molecule has 0 rings (SSSR count). The molecule has 0 aromatic heterocycles. The maximum Gasteiger partial charge on any atom is 0.220 e. The molecule has 0 atom stereocenters. The van der Waals surface area contributed by atoms with Crippen molar-refractivity contribution in [3.63, 3.8) is 0 Å². The normalized spacial score (nSPS) is 9.78. The second kappa shape index (κ2) is 4.36. The van der Waals surface area contributed by atoms with Crippen LogP contribution in [0.5, 0.6) is 0 Å². The third-order valence-corrected chi connectivity index (χ3v) is 0.888. The quantitative estimate of drug-likeness (QED) is 0.606. The Morgan fingerprint density at radius 2 is 2.00 bits per heavy atom. The second-order valence-electron chi connectivity index (χ2n) is 2.34. The fourth-order valence-electron chi connectivity index (χ4n) is 0.581. The van der Waals surface area contributed by atoms with Crippen LogP contribution in [0.1, 0.15) is 27.2 Å². The van der Waals surface area contributed by atoms with Crippen molar-refractivity contribution in [2.45, 2.75) is 27.2 Å². The molecule has 0 aliphatic rings. The third-order valence-electron chi connectivity index (χ3n) is 0.888. The monoisotopic (exact) mass is 128 g/mol. The van der Waals surface area contributed by atoms with Gasteiger partial charge in [0, 0.05) is 13.0 Å². The van der Waals surface area contributed by atoms with Crippen LogP contribution in [0.25, 0.3) is 0 Å². The molecule has 0 saturated heterocycles. The van der Waals surface area contributed by atoms with E-state index >= 15 is 0 Å². The fourth-order valence-corrected chi connectivity index (χ4v) is 0.581. The van der Waals surface area contributed by atoms with E-state index < -0.39 is 0 Å². The average molecular weight is 128 g/mol. The number of hydrogen-bond donors (Lipinski definition) is 1. The Morgan fingerprint density at radius 3 is 2.33 bits per heavy atom. The lowest BCUT2D eigenvalue weighted by Gasteiger charge is -2.02. The molecule has 0 saturated carbocycles. The first-order chi connectivity index (χ1) is 4.16. The first-order valence-electron chi connectivity index (χ1n) is 3.22. The van der Waals surface area contributed by atoms with Gasteiger partial charge < -0.3 is 5.32 Å². The Morgan fingerprint density at radius 1 is 1.44 bits per heavy atom. The van der Waals surface area contributed by atoms with Crippen LogP contribution in [-0.4, -0.2) is 12.5 Å². The van der Waals surface area contributed by atoms with E-state index in [1.165, 1.54) is 0 Å². The van der Waals surface area contributed by atoms with Gasteiger partial charge in [-0.3, -0.25) is 4.79 Å². The van der Waals surface area contributed by atoms with Crippen LogP contribution in [0, 0.1) is 5.92 Å². The molecule has 1 radical (unpaired) electrons. The number of rotatable bonds is 3. The zero-order chi connectivity index (χ0) is 7.28. The summed E-state index contributed by atoms with van der Waals surface area (Å²) in [7, 11) is 0. The summed E-state index contributed by atoms with van der Waals surface area (Å²) in [5.41, 5.74) is 0. The molecule has 1 amide bonds. The van der Waals surface area contributed by atoms with Crippen LogP contribution in [0.15, 0.2) is 0 Å². The molecule has 0 bridgehead atoms. The van der Waals surface area contributed by atoms with Crippen molar-refractivity contribution in [2.75, 3.05) is 6.54 Å². The molecule has 0 aromatic carbocycles. The highest BCUT2D eigenvalue weighted by atomic mass is 16.1. The summed E-state index contributed by atoms with van der Waals surface area (Å²) in [4.78, 5) is 10.7. The minimum Gasteiger partial charge on any atom is -0.356 e. The summed E-state index contributed by atoms with van der Waals surface area (Å²) in [6.07, 6.45) is 0.563. The minimum atomic E-state index is 0.123. The lowest BCUT2D eigenvalue weighted by molar-refractivity contribution is -0.120. The van der Waals surface area contributed by atoms with Crippen molar-refractivity contribution < 1.29 is 4.79 Å². The Hall–Kier alpha value is -0.530. The van der Waals surface area contributed by atoms with Crippen molar-refractivity contribution in [2.24, 2.45) is 0 Å². The molecule has 9 heavy (non-hydrogen) atoms. The van der Waals surface area contributed by atoms with Crippen molar-refractivity contribution in [3.8, 4) is 0 Å². The molecular formula is C7H14NO. The fraction of sp³-hybridized carbons (Fsp3) is 0.714. The molecule has 0 aliphatic heterocycles. The molecule has 0 aromatic rings. The molecule has 0 fully saturated rings. The van der Waals surface area contributed by atoms with Crippen molar-refractivity contribution in [1.29, 1.82) is 0 Å². The van der Waals surface area contributed by atoms with Crippen molar-refractivity contribution >= 4 is 5.91 Å². The summed E-state index contributed by atoms with van der Waals surface area (Å²) in [5, 5.41) is 2.72. The maximum absolute atomic E-state index is 10.7. The van der Waals surface area contributed by atoms with Gasteiger partial charge >= 0.3 is 0 Å². The van der Waals surface area contributed by atoms with E-state index in [0.717, 1.165) is 12.5 Å². The Bertz CT molecular complexity index is 88.9. The van der Waals surface area contributed by atoms with Crippen LogP contribution in [0.3, 0.4) is 0 Å². The van der Waals surface area contributed by atoms with E-state index in [1.807, 2.05) is 20.8 Å². The Labute approximate surface area is 56.6 Å². The second-order valence-corrected chi connectivity index (χ2v) is 2.34. The van der Waals surface area contributed by atoms with E-state index in [2.05, 4.69) is 5.32 Å². The largest absolute Gasteiger partial charge is 0.356 e. The Kier molecular flexibility index (Phi) is 4.10. The van der Waals surface area contributed by atoms with E-state index in [9.17, 15) is 4.79 Å². The van der Waals surface area contributed by atoms with Gasteiger partial charge in [0.05, 0.1) is 0 Å². The van der Waals surface area contributed by atoms with Crippen LogP contribution in [0.4, 0.5) is 0 Å². The van der Waals surface area contributed by atoms with Gasteiger partial charge in [-0.05, 0) is 12.8 Å². The average Bonchev–Trinajstić information content (AvgIpc) is 1.63. The van der Waals surface area contributed by atoms with Gasteiger partial charge in [-0.1, -0.05) is 13.8 Å². The molecule has 0 unspecified atom stereocenters. The zero-order valence-corrected chi connectivity index (χ0v) is 6.32. The predicted molar refractivity (Wildman–Crippen MR) is 37.9 cm³/mol. The summed E-state index contributed by atoms with van der Waals surface area (Å²) in [5.74, 6) is 1.28. The minimum absolute atomic E-state index is 0.123.